The van der Waals surface area contributed by atoms with Crippen molar-refractivity contribution in [3.8, 4) is 5.75 Å². The van der Waals surface area contributed by atoms with E-state index in [0.29, 0.717) is 0 Å². The maximum absolute atomic E-state index is 5.74. The van der Waals surface area contributed by atoms with E-state index in [1.165, 1.54) is 39.0 Å². The summed E-state index contributed by atoms with van der Waals surface area (Å²) in [6, 6.07) is 8.53. The molecule has 4 nitrogen and oxygen atoms in total. The number of rotatable bonds is 5. The minimum absolute atomic E-state index is 0.757. The second kappa shape index (κ2) is 5.80. The predicted molar refractivity (Wildman–Crippen MR) is 77.4 cm³/mol. The number of hydrogen-bond donors (Lipinski definition) is 1. The van der Waals surface area contributed by atoms with E-state index in [1.54, 1.807) is 0 Å². The number of nitrogens with two attached hydrogens (primary N) is 1. The molecule has 2 N–H and O–H groups in total. The van der Waals surface area contributed by atoms with Crippen LogP contribution in [0.25, 0.3) is 0 Å². The predicted octanol–water partition coefficient (Wildman–Crippen LogP) is 1.43. The molecule has 0 atom stereocenters. The van der Waals surface area contributed by atoms with Crippen LogP contribution in [0.5, 0.6) is 5.75 Å². The standard InChI is InChI=1S/C15H23N3O/c16-13-1-5-15(6-2-13)19-12-11-17-7-9-18(10-8-17)14-3-4-14/h1-2,5-6,14H,3-4,7-12,16H2. The monoisotopic (exact) mass is 261 g/mol. The van der Waals surface area contributed by atoms with E-state index in [1.807, 2.05) is 24.3 Å². The summed E-state index contributed by atoms with van der Waals surface area (Å²) in [6.07, 6.45) is 2.83. The molecular weight excluding hydrogens is 238 g/mol. The third kappa shape index (κ3) is 3.61. The molecule has 4 heteroatoms. The van der Waals surface area contributed by atoms with Gasteiger partial charge in [0.2, 0.25) is 0 Å². The van der Waals surface area contributed by atoms with Crippen molar-refractivity contribution >= 4 is 5.69 Å². The van der Waals surface area contributed by atoms with Gasteiger partial charge in [-0.05, 0) is 37.1 Å². The molecule has 0 bridgehead atoms. The molecule has 1 saturated carbocycles. The van der Waals surface area contributed by atoms with Gasteiger partial charge in [-0.1, -0.05) is 0 Å². The number of hydrogen-bond acceptors (Lipinski definition) is 4. The van der Waals surface area contributed by atoms with Crippen molar-refractivity contribution in [2.75, 3.05) is 45.1 Å². The number of nitrogens with zero attached hydrogens (tertiary/aromatic N) is 2. The van der Waals surface area contributed by atoms with E-state index >= 15 is 0 Å². The summed E-state index contributed by atoms with van der Waals surface area (Å²) < 4.78 is 5.74. The van der Waals surface area contributed by atoms with Gasteiger partial charge in [-0.2, -0.15) is 0 Å². The average Bonchev–Trinajstić information content (AvgIpc) is 3.26. The fourth-order valence-corrected chi connectivity index (χ4v) is 2.65. The zero-order chi connectivity index (χ0) is 13.1. The van der Waals surface area contributed by atoms with E-state index < -0.39 is 0 Å². The highest BCUT2D eigenvalue weighted by Gasteiger charge is 2.30. The summed E-state index contributed by atoms with van der Waals surface area (Å²) in [4.78, 5) is 5.13. The molecule has 0 amide bonds. The highest BCUT2D eigenvalue weighted by atomic mass is 16.5. The van der Waals surface area contributed by atoms with Gasteiger partial charge in [-0.25, -0.2) is 0 Å². The Bertz CT molecular complexity index is 394. The topological polar surface area (TPSA) is 41.7 Å². The first kappa shape index (κ1) is 12.8. The normalized spacial score (nSPS) is 21.5. The van der Waals surface area contributed by atoms with Crippen molar-refractivity contribution in [3.63, 3.8) is 0 Å². The van der Waals surface area contributed by atoms with Crippen LogP contribution in [0.15, 0.2) is 24.3 Å². The van der Waals surface area contributed by atoms with E-state index in [9.17, 15) is 0 Å². The Kier molecular flexibility index (Phi) is 3.89. The third-order valence-corrected chi connectivity index (χ3v) is 4.03. The van der Waals surface area contributed by atoms with Crippen LogP contribution in [0, 0.1) is 0 Å². The molecule has 0 spiro atoms. The highest BCUT2D eigenvalue weighted by molar-refractivity contribution is 5.41. The molecule has 2 fully saturated rings. The van der Waals surface area contributed by atoms with Gasteiger partial charge in [-0.3, -0.25) is 9.80 Å². The second-order valence-corrected chi connectivity index (χ2v) is 5.53. The van der Waals surface area contributed by atoms with Crippen LogP contribution in [-0.2, 0) is 0 Å². The van der Waals surface area contributed by atoms with Gasteiger partial charge in [-0.15, -0.1) is 0 Å². The largest absolute Gasteiger partial charge is 0.492 e. The van der Waals surface area contributed by atoms with Crippen LogP contribution < -0.4 is 10.5 Å². The van der Waals surface area contributed by atoms with Crippen LogP contribution in [0.3, 0.4) is 0 Å². The van der Waals surface area contributed by atoms with Crippen LogP contribution in [-0.4, -0.2) is 55.2 Å². The van der Waals surface area contributed by atoms with Crippen molar-refractivity contribution < 1.29 is 4.74 Å². The van der Waals surface area contributed by atoms with Gasteiger partial charge in [0.1, 0.15) is 12.4 Å². The van der Waals surface area contributed by atoms with E-state index in [2.05, 4.69) is 9.80 Å². The SMILES string of the molecule is Nc1ccc(OCCN2CCN(C3CC3)CC2)cc1. The van der Waals surface area contributed by atoms with Crippen LogP contribution in [0.1, 0.15) is 12.8 Å². The smallest absolute Gasteiger partial charge is 0.119 e. The molecule has 1 heterocycles. The Morgan fingerprint density at radius 1 is 1.05 bits per heavy atom. The maximum atomic E-state index is 5.74. The lowest BCUT2D eigenvalue weighted by Gasteiger charge is -2.34. The van der Waals surface area contributed by atoms with Crippen molar-refractivity contribution in [1.82, 2.24) is 9.80 Å². The third-order valence-electron chi connectivity index (χ3n) is 4.03. The van der Waals surface area contributed by atoms with Gasteiger partial charge in [0, 0.05) is 44.5 Å². The molecule has 0 unspecified atom stereocenters. The summed E-state index contributed by atoms with van der Waals surface area (Å²) in [5.74, 6) is 0.908. The minimum atomic E-state index is 0.757. The summed E-state index contributed by atoms with van der Waals surface area (Å²) in [7, 11) is 0. The Morgan fingerprint density at radius 3 is 2.37 bits per heavy atom. The minimum Gasteiger partial charge on any atom is -0.492 e. The lowest BCUT2D eigenvalue weighted by atomic mass is 10.3. The molecule has 2 aliphatic rings. The van der Waals surface area contributed by atoms with Gasteiger partial charge in [0.05, 0.1) is 0 Å². The Hall–Kier alpha value is -1.26. The molecular formula is C15H23N3O. The first-order chi connectivity index (χ1) is 9.31. The van der Waals surface area contributed by atoms with Gasteiger partial charge < -0.3 is 10.5 Å². The van der Waals surface area contributed by atoms with Gasteiger partial charge in [0.25, 0.3) is 0 Å². The first-order valence-corrected chi connectivity index (χ1v) is 7.26. The Balaban J connectivity index is 1.35. The summed E-state index contributed by atoms with van der Waals surface area (Å²) in [5, 5.41) is 0. The van der Waals surface area contributed by atoms with Gasteiger partial charge in [0.15, 0.2) is 0 Å². The number of piperazine rings is 1. The van der Waals surface area contributed by atoms with Crippen LogP contribution in [0.2, 0.25) is 0 Å². The highest BCUT2D eigenvalue weighted by Crippen LogP contribution is 2.27. The summed E-state index contributed by atoms with van der Waals surface area (Å²) in [5.41, 5.74) is 6.43. The van der Waals surface area contributed by atoms with E-state index in [0.717, 1.165) is 30.6 Å². The van der Waals surface area contributed by atoms with Crippen molar-refractivity contribution in [2.24, 2.45) is 0 Å². The molecule has 0 radical (unpaired) electrons. The second-order valence-electron chi connectivity index (χ2n) is 5.53. The quantitative estimate of drug-likeness (QED) is 0.814. The fourth-order valence-electron chi connectivity index (χ4n) is 2.65. The van der Waals surface area contributed by atoms with E-state index in [-0.39, 0.29) is 0 Å². The number of nitrogen functional groups attached to an aromatic ring is 1. The lowest BCUT2D eigenvalue weighted by molar-refractivity contribution is 0.112. The molecule has 1 aromatic carbocycles. The van der Waals surface area contributed by atoms with Crippen LogP contribution in [0.4, 0.5) is 5.69 Å². The Morgan fingerprint density at radius 2 is 1.74 bits per heavy atom. The van der Waals surface area contributed by atoms with E-state index in [4.69, 9.17) is 10.5 Å². The van der Waals surface area contributed by atoms with Crippen molar-refractivity contribution in [1.29, 1.82) is 0 Å². The Labute approximate surface area is 115 Å². The molecule has 1 aliphatic heterocycles. The number of benzene rings is 1. The van der Waals surface area contributed by atoms with Gasteiger partial charge >= 0.3 is 0 Å². The molecule has 1 saturated heterocycles. The number of anilines is 1. The zero-order valence-corrected chi connectivity index (χ0v) is 11.4. The lowest BCUT2D eigenvalue weighted by Crippen LogP contribution is -2.48. The van der Waals surface area contributed by atoms with Crippen LogP contribution >= 0.6 is 0 Å². The maximum Gasteiger partial charge on any atom is 0.119 e. The number of ether oxygens (including phenoxy) is 1. The molecule has 19 heavy (non-hydrogen) atoms. The average molecular weight is 261 g/mol. The molecule has 0 aromatic heterocycles. The van der Waals surface area contributed by atoms with Crippen molar-refractivity contribution in [3.05, 3.63) is 24.3 Å². The summed E-state index contributed by atoms with van der Waals surface area (Å²) in [6.45, 7) is 6.60. The fraction of sp³-hybridized carbons (Fsp3) is 0.600. The molecule has 3 rings (SSSR count). The zero-order valence-electron chi connectivity index (χ0n) is 11.4. The summed E-state index contributed by atoms with van der Waals surface area (Å²) >= 11 is 0. The van der Waals surface area contributed by atoms with Crippen molar-refractivity contribution in [2.45, 2.75) is 18.9 Å². The molecule has 104 valence electrons. The molecule has 1 aromatic rings. The molecule has 1 aliphatic carbocycles. The first-order valence-electron chi connectivity index (χ1n) is 7.26.